The first-order valence-electron chi connectivity index (χ1n) is 10.9. The Balaban J connectivity index is 1.18. The number of aryl methyl sites for hydroxylation is 1. The molecular formula is C23H26N4O3S. The van der Waals surface area contributed by atoms with E-state index in [0.717, 1.165) is 42.2 Å². The predicted octanol–water partition coefficient (Wildman–Crippen LogP) is 3.53. The van der Waals surface area contributed by atoms with Gasteiger partial charge in [-0.05, 0) is 19.8 Å². The lowest BCUT2D eigenvalue weighted by molar-refractivity contribution is -0.135. The van der Waals surface area contributed by atoms with Crippen LogP contribution in [0, 0.1) is 12.8 Å². The summed E-state index contributed by atoms with van der Waals surface area (Å²) in [5.74, 6) is 1.47. The smallest absolute Gasteiger partial charge is 0.234 e. The van der Waals surface area contributed by atoms with Gasteiger partial charge >= 0.3 is 0 Å². The number of aliphatic imine (C=N–C) groups is 1. The first-order chi connectivity index (χ1) is 15.1. The molecule has 1 aromatic heterocycles. The number of nitrogens with one attached hydrogen (secondary N) is 1. The minimum atomic E-state index is -0.125. The number of carbonyl (C=O) groups is 2. The number of fused-ring (bicyclic) bond motifs is 2. The summed E-state index contributed by atoms with van der Waals surface area (Å²) >= 11 is 1.60. The molecule has 0 bridgehead atoms. The Morgan fingerprint density at radius 2 is 2.06 bits per heavy atom. The van der Waals surface area contributed by atoms with Crippen molar-refractivity contribution in [2.24, 2.45) is 10.9 Å². The summed E-state index contributed by atoms with van der Waals surface area (Å²) in [6.45, 7) is 2.33. The molecule has 3 heterocycles. The van der Waals surface area contributed by atoms with Gasteiger partial charge in [0.1, 0.15) is 5.69 Å². The van der Waals surface area contributed by atoms with Crippen LogP contribution in [0.15, 0.2) is 39.8 Å². The highest BCUT2D eigenvalue weighted by molar-refractivity contribution is 8.14. The lowest BCUT2D eigenvalue weighted by Gasteiger charge is -2.37. The molecule has 1 aromatic carbocycles. The summed E-state index contributed by atoms with van der Waals surface area (Å²) in [6, 6.07) is 9.88. The molecule has 7 nitrogen and oxygen atoms in total. The van der Waals surface area contributed by atoms with Gasteiger partial charge in [0.05, 0.1) is 24.5 Å². The second-order valence-corrected chi connectivity index (χ2v) is 9.56. The van der Waals surface area contributed by atoms with Crippen molar-refractivity contribution in [2.45, 2.75) is 57.7 Å². The van der Waals surface area contributed by atoms with Crippen molar-refractivity contribution in [3.8, 4) is 11.3 Å². The molecule has 0 spiro atoms. The van der Waals surface area contributed by atoms with Gasteiger partial charge in [0.25, 0.3) is 0 Å². The van der Waals surface area contributed by atoms with Crippen molar-refractivity contribution in [1.29, 1.82) is 0 Å². The Bertz CT molecular complexity index is 1020. The highest BCUT2D eigenvalue weighted by Gasteiger charge is 2.45. The van der Waals surface area contributed by atoms with E-state index in [1.807, 2.05) is 37.3 Å². The molecule has 1 saturated heterocycles. The van der Waals surface area contributed by atoms with Gasteiger partial charge in [-0.25, -0.2) is 0 Å². The molecule has 5 rings (SSSR count). The van der Waals surface area contributed by atoms with E-state index >= 15 is 0 Å². The summed E-state index contributed by atoms with van der Waals surface area (Å²) in [4.78, 5) is 32.3. The SMILES string of the molecule is Cc1ccc(-c2cc(CNC(=O)CC3CSC4=NC5CCCCC5C(=O)N43)no2)cc1. The number of carbonyl (C=O) groups excluding carboxylic acids is 2. The minimum Gasteiger partial charge on any atom is -0.356 e. The number of amidine groups is 1. The molecule has 2 aromatic rings. The van der Waals surface area contributed by atoms with E-state index in [2.05, 4.69) is 10.5 Å². The molecule has 3 unspecified atom stereocenters. The van der Waals surface area contributed by atoms with Crippen LogP contribution < -0.4 is 5.32 Å². The Hall–Kier alpha value is -2.61. The van der Waals surface area contributed by atoms with Crippen LogP contribution in [0.1, 0.15) is 43.4 Å². The van der Waals surface area contributed by atoms with E-state index in [9.17, 15) is 9.59 Å². The molecular weight excluding hydrogens is 412 g/mol. The molecule has 8 heteroatoms. The maximum absolute atomic E-state index is 13.0. The summed E-state index contributed by atoms with van der Waals surface area (Å²) < 4.78 is 5.42. The molecule has 0 radical (unpaired) electrons. The largest absolute Gasteiger partial charge is 0.356 e. The third-order valence-corrected chi connectivity index (χ3v) is 7.43. The van der Waals surface area contributed by atoms with E-state index in [1.165, 1.54) is 5.56 Å². The number of rotatable bonds is 5. The summed E-state index contributed by atoms with van der Waals surface area (Å²) in [5.41, 5.74) is 2.81. The van der Waals surface area contributed by atoms with Crippen LogP contribution in [0.2, 0.25) is 0 Å². The normalized spacial score (nSPS) is 25.1. The second kappa shape index (κ2) is 8.49. The van der Waals surface area contributed by atoms with Crippen molar-refractivity contribution in [1.82, 2.24) is 15.4 Å². The Kier molecular flexibility index (Phi) is 5.56. The first kappa shape index (κ1) is 20.3. The molecule has 2 fully saturated rings. The monoisotopic (exact) mass is 438 g/mol. The molecule has 3 aliphatic rings. The van der Waals surface area contributed by atoms with Gasteiger partial charge in [0, 0.05) is 23.8 Å². The Labute approximate surface area is 185 Å². The van der Waals surface area contributed by atoms with Gasteiger partial charge in [-0.3, -0.25) is 19.5 Å². The molecule has 1 saturated carbocycles. The lowest BCUT2D eigenvalue weighted by Crippen LogP contribution is -2.51. The van der Waals surface area contributed by atoms with E-state index in [0.29, 0.717) is 18.0 Å². The van der Waals surface area contributed by atoms with Crippen LogP contribution in [0.4, 0.5) is 0 Å². The van der Waals surface area contributed by atoms with Gasteiger partial charge in [0.2, 0.25) is 11.8 Å². The highest BCUT2D eigenvalue weighted by Crippen LogP contribution is 2.38. The van der Waals surface area contributed by atoms with E-state index in [-0.39, 0.29) is 36.2 Å². The van der Waals surface area contributed by atoms with Crippen molar-refractivity contribution < 1.29 is 14.1 Å². The van der Waals surface area contributed by atoms with Gasteiger partial charge in [-0.1, -0.05) is 59.6 Å². The average molecular weight is 439 g/mol. The Morgan fingerprint density at radius 3 is 2.90 bits per heavy atom. The first-order valence-corrected chi connectivity index (χ1v) is 11.9. The number of benzene rings is 1. The summed E-state index contributed by atoms with van der Waals surface area (Å²) in [5, 5.41) is 7.79. The fraction of sp³-hybridized carbons (Fsp3) is 0.478. The number of nitrogens with zero attached hydrogens (tertiary/aromatic N) is 3. The van der Waals surface area contributed by atoms with E-state index in [1.54, 1.807) is 16.7 Å². The lowest BCUT2D eigenvalue weighted by atomic mass is 9.83. The standard InChI is InChI=1S/C23H26N4O3S/c1-14-6-8-15(9-7-14)20-10-16(26-30-20)12-24-21(28)11-17-13-31-23-25-19-5-3-2-4-18(19)22(29)27(17)23/h6-10,17-19H,2-5,11-13H2,1H3,(H,24,28). The number of aromatic nitrogens is 1. The topological polar surface area (TPSA) is 87.8 Å². The average Bonchev–Trinajstić information content (AvgIpc) is 3.41. The van der Waals surface area contributed by atoms with Gasteiger partial charge in [-0.2, -0.15) is 0 Å². The third kappa shape index (κ3) is 4.13. The predicted molar refractivity (Wildman–Crippen MR) is 119 cm³/mol. The molecule has 1 aliphatic carbocycles. The third-order valence-electron chi connectivity index (χ3n) is 6.32. The van der Waals surface area contributed by atoms with Crippen molar-refractivity contribution in [3.63, 3.8) is 0 Å². The van der Waals surface area contributed by atoms with Gasteiger partial charge < -0.3 is 9.84 Å². The zero-order valence-electron chi connectivity index (χ0n) is 17.5. The van der Waals surface area contributed by atoms with Gasteiger partial charge in [0.15, 0.2) is 10.9 Å². The molecule has 31 heavy (non-hydrogen) atoms. The minimum absolute atomic E-state index is 0.00270. The molecule has 162 valence electrons. The zero-order chi connectivity index (χ0) is 21.4. The number of hydrogen-bond donors (Lipinski definition) is 1. The fourth-order valence-electron chi connectivity index (χ4n) is 4.59. The summed E-state index contributed by atoms with van der Waals surface area (Å²) in [6.07, 6.45) is 4.43. The van der Waals surface area contributed by atoms with Gasteiger partial charge in [-0.15, -0.1) is 0 Å². The molecule has 2 amide bonds. The fourth-order valence-corrected chi connectivity index (χ4v) is 5.79. The van der Waals surface area contributed by atoms with Crippen LogP contribution in [-0.2, 0) is 16.1 Å². The second-order valence-electron chi connectivity index (χ2n) is 8.57. The number of thioether (sulfide) groups is 1. The van der Waals surface area contributed by atoms with Crippen LogP contribution in [0.3, 0.4) is 0 Å². The van der Waals surface area contributed by atoms with Crippen molar-refractivity contribution >= 4 is 28.7 Å². The Morgan fingerprint density at radius 1 is 1.26 bits per heavy atom. The zero-order valence-corrected chi connectivity index (χ0v) is 18.4. The quantitative estimate of drug-likeness (QED) is 0.772. The highest BCUT2D eigenvalue weighted by atomic mass is 32.2. The summed E-state index contributed by atoms with van der Waals surface area (Å²) in [7, 11) is 0. The van der Waals surface area contributed by atoms with E-state index < -0.39 is 0 Å². The van der Waals surface area contributed by atoms with Crippen molar-refractivity contribution in [3.05, 3.63) is 41.6 Å². The molecule has 2 aliphatic heterocycles. The molecule has 1 N–H and O–H groups in total. The van der Waals surface area contributed by atoms with E-state index in [4.69, 9.17) is 9.52 Å². The number of hydrogen-bond acceptors (Lipinski definition) is 6. The van der Waals surface area contributed by atoms with Crippen LogP contribution in [0.25, 0.3) is 11.3 Å². The van der Waals surface area contributed by atoms with Crippen LogP contribution in [0.5, 0.6) is 0 Å². The van der Waals surface area contributed by atoms with Crippen LogP contribution >= 0.6 is 11.8 Å². The maximum Gasteiger partial charge on any atom is 0.234 e. The van der Waals surface area contributed by atoms with Crippen LogP contribution in [-0.4, -0.2) is 44.9 Å². The van der Waals surface area contributed by atoms with Crippen molar-refractivity contribution in [2.75, 3.05) is 5.75 Å². The maximum atomic E-state index is 13.0. The number of amides is 2. The molecule has 3 atom stereocenters.